The van der Waals surface area contributed by atoms with E-state index in [1.54, 1.807) is 17.9 Å². The van der Waals surface area contributed by atoms with Crippen molar-refractivity contribution in [2.45, 2.75) is 19.8 Å². The van der Waals surface area contributed by atoms with E-state index in [1.807, 2.05) is 11.0 Å². The summed E-state index contributed by atoms with van der Waals surface area (Å²) in [7, 11) is 2.12. The van der Waals surface area contributed by atoms with Gasteiger partial charge in [-0.3, -0.25) is 9.59 Å². The normalized spacial score (nSPS) is 18.0. The highest BCUT2D eigenvalue weighted by Crippen LogP contribution is 2.27. The summed E-state index contributed by atoms with van der Waals surface area (Å²) in [4.78, 5) is 29.5. The standard InChI is InChI=1S/C19H25N3O2/c1-15(23)21-10-12-22(13-11-21)19(24)8-6-16-5-7-18-17(14-16)4-3-9-20(18)2/h5-8,14H,3-4,9-13H2,1-2H3. The van der Waals surface area contributed by atoms with Crippen molar-refractivity contribution in [1.29, 1.82) is 0 Å². The van der Waals surface area contributed by atoms with Gasteiger partial charge in [-0.05, 0) is 42.2 Å². The average Bonchev–Trinajstić information content (AvgIpc) is 2.60. The SMILES string of the molecule is CC(=O)N1CCN(C(=O)C=Cc2ccc3c(c2)CCCN3C)CC1. The minimum absolute atomic E-state index is 0.0213. The first kappa shape index (κ1) is 16.6. The van der Waals surface area contributed by atoms with E-state index in [0.29, 0.717) is 26.2 Å². The second-order valence-electron chi connectivity index (χ2n) is 6.58. The van der Waals surface area contributed by atoms with E-state index in [0.717, 1.165) is 18.5 Å². The van der Waals surface area contributed by atoms with Gasteiger partial charge in [-0.1, -0.05) is 6.07 Å². The Balaban J connectivity index is 1.62. The summed E-state index contributed by atoms with van der Waals surface area (Å²) in [6, 6.07) is 6.39. The van der Waals surface area contributed by atoms with Crippen LogP contribution in [0.3, 0.4) is 0 Å². The first-order valence-corrected chi connectivity index (χ1v) is 8.61. The lowest BCUT2D eigenvalue weighted by atomic mass is 9.99. The Labute approximate surface area is 143 Å². The summed E-state index contributed by atoms with van der Waals surface area (Å²) in [6.07, 6.45) is 5.82. The van der Waals surface area contributed by atoms with Crippen LogP contribution in [0.25, 0.3) is 6.08 Å². The first-order chi connectivity index (χ1) is 11.5. The van der Waals surface area contributed by atoms with Crippen molar-refractivity contribution < 1.29 is 9.59 Å². The molecule has 0 atom stereocenters. The van der Waals surface area contributed by atoms with Gasteiger partial charge in [0.15, 0.2) is 0 Å². The maximum Gasteiger partial charge on any atom is 0.246 e. The number of hydrogen-bond acceptors (Lipinski definition) is 3. The molecule has 1 aromatic rings. The van der Waals surface area contributed by atoms with Crippen LogP contribution in [-0.2, 0) is 16.0 Å². The number of anilines is 1. The zero-order valence-electron chi connectivity index (χ0n) is 14.5. The molecule has 1 aromatic carbocycles. The molecule has 0 unspecified atom stereocenters. The molecule has 5 nitrogen and oxygen atoms in total. The van der Waals surface area contributed by atoms with Gasteiger partial charge >= 0.3 is 0 Å². The monoisotopic (exact) mass is 327 g/mol. The first-order valence-electron chi connectivity index (χ1n) is 8.61. The Morgan fingerprint density at radius 1 is 1.04 bits per heavy atom. The highest BCUT2D eigenvalue weighted by molar-refractivity contribution is 5.92. The molecule has 0 N–H and O–H groups in total. The molecule has 0 saturated carbocycles. The van der Waals surface area contributed by atoms with E-state index in [9.17, 15) is 9.59 Å². The summed E-state index contributed by atoms with van der Waals surface area (Å²) in [6.45, 7) is 5.15. The number of nitrogens with zero attached hydrogens (tertiary/aromatic N) is 3. The fraction of sp³-hybridized carbons (Fsp3) is 0.474. The summed E-state index contributed by atoms with van der Waals surface area (Å²) < 4.78 is 0. The van der Waals surface area contributed by atoms with E-state index in [-0.39, 0.29) is 11.8 Å². The predicted octanol–water partition coefficient (Wildman–Crippen LogP) is 1.77. The Bertz CT molecular complexity index is 661. The Morgan fingerprint density at radius 2 is 1.75 bits per heavy atom. The number of rotatable bonds is 2. The van der Waals surface area contributed by atoms with Crippen molar-refractivity contribution in [3.8, 4) is 0 Å². The largest absolute Gasteiger partial charge is 0.374 e. The van der Waals surface area contributed by atoms with Crippen molar-refractivity contribution in [2.24, 2.45) is 0 Å². The number of benzene rings is 1. The molecule has 0 spiro atoms. The molecule has 0 aromatic heterocycles. The van der Waals surface area contributed by atoms with Crippen LogP contribution < -0.4 is 4.90 Å². The molecule has 1 fully saturated rings. The molecule has 24 heavy (non-hydrogen) atoms. The second kappa shape index (κ2) is 7.07. The van der Waals surface area contributed by atoms with Gasteiger partial charge in [0.25, 0.3) is 0 Å². The molecule has 5 heteroatoms. The number of aryl methyl sites for hydroxylation is 1. The van der Waals surface area contributed by atoms with E-state index in [1.165, 1.54) is 17.7 Å². The molecule has 3 rings (SSSR count). The minimum Gasteiger partial charge on any atom is -0.374 e. The van der Waals surface area contributed by atoms with E-state index in [2.05, 4.69) is 30.1 Å². The zero-order valence-corrected chi connectivity index (χ0v) is 14.5. The summed E-state index contributed by atoms with van der Waals surface area (Å²) in [5, 5.41) is 0. The fourth-order valence-electron chi connectivity index (χ4n) is 3.42. The van der Waals surface area contributed by atoms with Gasteiger partial charge in [0.05, 0.1) is 0 Å². The molecule has 0 aliphatic carbocycles. The molecular weight excluding hydrogens is 302 g/mol. The molecular formula is C19H25N3O2. The number of fused-ring (bicyclic) bond motifs is 1. The van der Waals surface area contributed by atoms with Crippen LogP contribution in [0, 0.1) is 0 Å². The molecule has 2 amide bonds. The number of carbonyl (C=O) groups excluding carboxylic acids is 2. The van der Waals surface area contributed by atoms with Crippen molar-refractivity contribution >= 4 is 23.6 Å². The smallest absolute Gasteiger partial charge is 0.246 e. The molecule has 2 aliphatic rings. The number of piperazine rings is 1. The molecule has 1 saturated heterocycles. The summed E-state index contributed by atoms with van der Waals surface area (Å²) in [5.41, 5.74) is 3.72. The molecule has 2 aliphatic heterocycles. The van der Waals surface area contributed by atoms with Gasteiger partial charge < -0.3 is 14.7 Å². The molecule has 0 bridgehead atoms. The summed E-state index contributed by atoms with van der Waals surface area (Å²) >= 11 is 0. The van der Waals surface area contributed by atoms with Gasteiger partial charge in [0, 0.05) is 58.5 Å². The fourth-order valence-corrected chi connectivity index (χ4v) is 3.42. The Kier molecular flexibility index (Phi) is 4.88. The van der Waals surface area contributed by atoms with Gasteiger partial charge in [-0.2, -0.15) is 0 Å². The van der Waals surface area contributed by atoms with Gasteiger partial charge in [-0.25, -0.2) is 0 Å². The lowest BCUT2D eigenvalue weighted by Crippen LogP contribution is -2.49. The molecule has 128 valence electrons. The predicted molar refractivity (Wildman–Crippen MR) is 95.9 cm³/mol. The van der Waals surface area contributed by atoms with Crippen LogP contribution in [-0.4, -0.2) is 61.4 Å². The average molecular weight is 327 g/mol. The third kappa shape index (κ3) is 3.61. The third-order valence-electron chi connectivity index (χ3n) is 4.91. The second-order valence-corrected chi connectivity index (χ2v) is 6.58. The highest BCUT2D eigenvalue weighted by atomic mass is 16.2. The van der Waals surface area contributed by atoms with Gasteiger partial charge in [0.1, 0.15) is 0 Å². The van der Waals surface area contributed by atoms with E-state index < -0.39 is 0 Å². The van der Waals surface area contributed by atoms with Crippen molar-refractivity contribution in [2.75, 3.05) is 44.7 Å². The Morgan fingerprint density at radius 3 is 2.46 bits per heavy atom. The van der Waals surface area contributed by atoms with Crippen molar-refractivity contribution in [3.05, 3.63) is 35.4 Å². The van der Waals surface area contributed by atoms with Crippen LogP contribution in [0.2, 0.25) is 0 Å². The highest BCUT2D eigenvalue weighted by Gasteiger charge is 2.20. The lowest BCUT2D eigenvalue weighted by Gasteiger charge is -2.33. The zero-order chi connectivity index (χ0) is 17.1. The third-order valence-corrected chi connectivity index (χ3v) is 4.91. The topological polar surface area (TPSA) is 43.9 Å². The van der Waals surface area contributed by atoms with Crippen molar-refractivity contribution in [3.63, 3.8) is 0 Å². The molecule has 0 radical (unpaired) electrons. The minimum atomic E-state index is 0.0213. The molecule has 2 heterocycles. The van der Waals surface area contributed by atoms with Crippen LogP contribution in [0.5, 0.6) is 0 Å². The Hall–Kier alpha value is -2.30. The van der Waals surface area contributed by atoms with Gasteiger partial charge in [-0.15, -0.1) is 0 Å². The number of amides is 2. The van der Waals surface area contributed by atoms with Gasteiger partial charge in [0.2, 0.25) is 11.8 Å². The van der Waals surface area contributed by atoms with Crippen molar-refractivity contribution in [1.82, 2.24) is 9.80 Å². The quantitative estimate of drug-likeness (QED) is 0.778. The van der Waals surface area contributed by atoms with E-state index in [4.69, 9.17) is 0 Å². The van der Waals surface area contributed by atoms with Crippen LogP contribution in [0.1, 0.15) is 24.5 Å². The number of carbonyl (C=O) groups is 2. The summed E-state index contributed by atoms with van der Waals surface area (Å²) in [5.74, 6) is 0.102. The van der Waals surface area contributed by atoms with Crippen LogP contribution in [0.4, 0.5) is 5.69 Å². The van der Waals surface area contributed by atoms with Crippen LogP contribution >= 0.6 is 0 Å². The maximum absolute atomic E-state index is 12.3. The maximum atomic E-state index is 12.3. The van der Waals surface area contributed by atoms with Crippen LogP contribution in [0.15, 0.2) is 24.3 Å². The lowest BCUT2D eigenvalue weighted by molar-refractivity contribution is -0.135. The van der Waals surface area contributed by atoms with E-state index >= 15 is 0 Å². The number of hydrogen-bond donors (Lipinski definition) is 0.